The Morgan fingerprint density at radius 2 is 1.84 bits per heavy atom. The molecular formula is C23H22F3NO4S. The summed E-state index contributed by atoms with van der Waals surface area (Å²) in [6.07, 6.45) is -3.04. The Morgan fingerprint density at radius 1 is 1.12 bits per heavy atom. The number of ether oxygens (including phenoxy) is 3. The number of nitrogens with zero attached hydrogens (tertiary/aromatic N) is 1. The Bertz CT molecular complexity index is 982. The summed E-state index contributed by atoms with van der Waals surface area (Å²) >= 11 is 1.47. The number of esters is 1. The lowest BCUT2D eigenvalue weighted by Gasteiger charge is -2.12. The van der Waals surface area contributed by atoms with Gasteiger partial charge in [0.25, 0.3) is 0 Å². The normalized spacial score (nSPS) is 11.6. The number of nitriles is 1. The van der Waals surface area contributed by atoms with Gasteiger partial charge >= 0.3 is 12.1 Å². The number of aryl methyl sites for hydroxylation is 1. The van der Waals surface area contributed by atoms with E-state index < -0.39 is 17.7 Å². The first-order valence-electron chi connectivity index (χ1n) is 9.62. The van der Waals surface area contributed by atoms with E-state index in [1.165, 1.54) is 30.0 Å². The Morgan fingerprint density at radius 3 is 2.44 bits per heavy atom. The van der Waals surface area contributed by atoms with Crippen molar-refractivity contribution in [2.75, 3.05) is 25.6 Å². The van der Waals surface area contributed by atoms with Crippen LogP contribution < -0.4 is 9.47 Å². The summed E-state index contributed by atoms with van der Waals surface area (Å²) in [5.74, 6) is 0.868. The maximum absolute atomic E-state index is 12.6. The second-order valence-electron chi connectivity index (χ2n) is 6.55. The second-order valence-corrected chi connectivity index (χ2v) is 7.60. The van der Waals surface area contributed by atoms with E-state index in [4.69, 9.17) is 19.5 Å². The fourth-order valence-corrected chi connectivity index (χ4v) is 3.46. The summed E-state index contributed by atoms with van der Waals surface area (Å²) in [6, 6.07) is 11.8. The number of alkyl halides is 3. The number of hydrogen-bond donors (Lipinski definition) is 0. The molecule has 170 valence electrons. The van der Waals surface area contributed by atoms with Gasteiger partial charge in [-0.3, -0.25) is 0 Å². The molecule has 0 saturated heterocycles. The van der Waals surface area contributed by atoms with Crippen LogP contribution in [-0.4, -0.2) is 31.5 Å². The number of hydrogen-bond acceptors (Lipinski definition) is 6. The van der Waals surface area contributed by atoms with Gasteiger partial charge in [-0.05, 0) is 67.4 Å². The fourth-order valence-electron chi connectivity index (χ4n) is 2.52. The minimum absolute atomic E-state index is 0.0750. The van der Waals surface area contributed by atoms with Gasteiger partial charge in [0.15, 0.2) is 6.61 Å². The first-order chi connectivity index (χ1) is 15.2. The van der Waals surface area contributed by atoms with E-state index in [-0.39, 0.29) is 25.6 Å². The van der Waals surface area contributed by atoms with E-state index in [1.54, 1.807) is 13.0 Å². The van der Waals surface area contributed by atoms with Gasteiger partial charge in [0.05, 0.1) is 18.2 Å². The summed E-state index contributed by atoms with van der Waals surface area (Å²) in [4.78, 5) is 12.3. The maximum atomic E-state index is 12.6. The highest BCUT2D eigenvalue weighted by molar-refractivity contribution is 7.99. The van der Waals surface area contributed by atoms with E-state index in [1.807, 2.05) is 25.1 Å². The summed E-state index contributed by atoms with van der Waals surface area (Å²) in [7, 11) is 0. The molecule has 0 unspecified atom stereocenters. The van der Waals surface area contributed by atoms with Crippen LogP contribution in [0, 0.1) is 18.3 Å². The minimum atomic E-state index is -4.40. The van der Waals surface area contributed by atoms with Gasteiger partial charge in [-0.15, -0.1) is 11.8 Å². The third-order valence-electron chi connectivity index (χ3n) is 4.10. The largest absolute Gasteiger partial charge is 0.489 e. The molecule has 0 fully saturated rings. The van der Waals surface area contributed by atoms with Crippen molar-refractivity contribution in [3.8, 4) is 17.6 Å². The lowest BCUT2D eigenvalue weighted by molar-refractivity contribution is -0.145. The zero-order chi connectivity index (χ0) is 23.6. The van der Waals surface area contributed by atoms with Crippen molar-refractivity contribution in [1.82, 2.24) is 0 Å². The van der Waals surface area contributed by atoms with Gasteiger partial charge in [-0.25, -0.2) is 4.79 Å². The molecule has 2 aromatic rings. The predicted octanol–water partition coefficient (Wildman–Crippen LogP) is 5.58. The number of benzene rings is 2. The number of allylic oxidation sites excluding steroid dienone is 1. The molecule has 0 aliphatic rings. The summed E-state index contributed by atoms with van der Waals surface area (Å²) in [5.41, 5.74) is 0.766. The number of carbonyl (C=O) groups excluding carboxylic acids is 1. The molecule has 0 spiro atoms. The fraction of sp³-hybridized carbons (Fsp3) is 0.304. The molecule has 0 N–H and O–H groups in total. The Hall–Kier alpha value is -3.12. The van der Waals surface area contributed by atoms with Crippen molar-refractivity contribution in [1.29, 1.82) is 5.26 Å². The predicted molar refractivity (Wildman–Crippen MR) is 115 cm³/mol. The summed E-state index contributed by atoms with van der Waals surface area (Å²) < 4.78 is 53.7. The van der Waals surface area contributed by atoms with Gasteiger partial charge in [-0.2, -0.15) is 18.4 Å². The molecule has 32 heavy (non-hydrogen) atoms. The van der Waals surface area contributed by atoms with E-state index in [0.29, 0.717) is 17.1 Å². The molecule has 0 radical (unpaired) electrons. The van der Waals surface area contributed by atoms with Crippen LogP contribution in [0.15, 0.2) is 59.0 Å². The van der Waals surface area contributed by atoms with Crippen molar-refractivity contribution >= 4 is 17.7 Å². The van der Waals surface area contributed by atoms with Crippen LogP contribution in [0.2, 0.25) is 0 Å². The lowest BCUT2D eigenvalue weighted by atomic mass is 10.2. The smallest absolute Gasteiger partial charge is 0.416 e. The van der Waals surface area contributed by atoms with Crippen LogP contribution >= 0.6 is 11.8 Å². The van der Waals surface area contributed by atoms with Gasteiger partial charge in [0.2, 0.25) is 0 Å². The Kier molecular flexibility index (Phi) is 9.47. The van der Waals surface area contributed by atoms with Crippen molar-refractivity contribution in [3.63, 3.8) is 0 Å². The topological polar surface area (TPSA) is 68.5 Å². The molecule has 0 aliphatic carbocycles. The molecule has 0 bridgehead atoms. The third kappa shape index (κ3) is 8.19. The van der Waals surface area contributed by atoms with Gasteiger partial charge in [0.1, 0.15) is 18.1 Å². The van der Waals surface area contributed by atoms with Gasteiger partial charge in [0, 0.05) is 16.7 Å². The minimum Gasteiger partial charge on any atom is -0.489 e. The standard InChI is InChI=1S/C23H22F3NO4S/c1-3-29-22(28)14-31-21-9-8-20(12-16(21)2)32-15-17(10-11-27)13-30-19-6-4-18(5-7-19)23(24,25)26/h4-10,12H,3,13-15H2,1-2H3/b17-10+. The van der Waals surface area contributed by atoms with Crippen LogP contribution in [0.4, 0.5) is 13.2 Å². The molecule has 0 saturated carbocycles. The van der Waals surface area contributed by atoms with E-state index in [0.717, 1.165) is 22.6 Å². The molecule has 5 nitrogen and oxygen atoms in total. The summed E-state index contributed by atoms with van der Waals surface area (Å²) in [5, 5.41) is 9.01. The van der Waals surface area contributed by atoms with Crippen LogP contribution in [0.3, 0.4) is 0 Å². The molecule has 0 amide bonds. The molecule has 2 rings (SSSR count). The highest BCUT2D eigenvalue weighted by atomic mass is 32.2. The highest BCUT2D eigenvalue weighted by Crippen LogP contribution is 2.31. The highest BCUT2D eigenvalue weighted by Gasteiger charge is 2.30. The maximum Gasteiger partial charge on any atom is 0.416 e. The Balaban J connectivity index is 1.91. The molecule has 0 heterocycles. The number of rotatable bonds is 10. The van der Waals surface area contributed by atoms with Crippen LogP contribution in [-0.2, 0) is 15.7 Å². The Labute approximate surface area is 188 Å². The summed E-state index contributed by atoms with van der Waals surface area (Å²) in [6.45, 7) is 3.77. The van der Waals surface area contributed by atoms with Crippen LogP contribution in [0.5, 0.6) is 11.5 Å². The molecule has 0 aliphatic heterocycles. The zero-order valence-corrected chi connectivity index (χ0v) is 18.4. The van der Waals surface area contributed by atoms with Crippen molar-refractivity contribution < 1.29 is 32.2 Å². The number of carbonyl (C=O) groups is 1. The van der Waals surface area contributed by atoms with Crippen molar-refractivity contribution in [2.45, 2.75) is 24.9 Å². The van der Waals surface area contributed by atoms with E-state index in [9.17, 15) is 18.0 Å². The average molecular weight is 465 g/mol. The van der Waals surface area contributed by atoms with Crippen molar-refractivity contribution in [2.24, 2.45) is 0 Å². The monoisotopic (exact) mass is 465 g/mol. The van der Waals surface area contributed by atoms with Crippen molar-refractivity contribution in [3.05, 3.63) is 65.2 Å². The van der Waals surface area contributed by atoms with Gasteiger partial charge < -0.3 is 14.2 Å². The first-order valence-corrected chi connectivity index (χ1v) is 10.6. The zero-order valence-electron chi connectivity index (χ0n) is 17.6. The average Bonchev–Trinajstić information content (AvgIpc) is 2.75. The van der Waals surface area contributed by atoms with E-state index >= 15 is 0 Å². The van der Waals surface area contributed by atoms with Gasteiger partial charge in [-0.1, -0.05) is 0 Å². The first kappa shape index (κ1) is 25.1. The quantitative estimate of drug-likeness (QED) is 0.259. The van der Waals surface area contributed by atoms with Crippen LogP contribution in [0.25, 0.3) is 0 Å². The SMILES string of the molecule is CCOC(=O)COc1ccc(SC/C(=C/C#N)COc2ccc(C(F)(F)F)cc2)cc1C. The molecular weight excluding hydrogens is 443 g/mol. The van der Waals surface area contributed by atoms with E-state index in [2.05, 4.69) is 0 Å². The molecule has 0 aromatic heterocycles. The second kappa shape index (κ2) is 12.1. The number of thioether (sulfide) groups is 1. The molecule has 9 heteroatoms. The molecule has 2 aromatic carbocycles. The van der Waals surface area contributed by atoms with Crippen LogP contribution in [0.1, 0.15) is 18.1 Å². The lowest BCUT2D eigenvalue weighted by Crippen LogP contribution is -2.14. The molecule has 0 atom stereocenters. The third-order valence-corrected chi connectivity index (χ3v) is 5.20. The number of halogens is 3.